The zero-order valence-electron chi connectivity index (χ0n) is 11.3. The van der Waals surface area contributed by atoms with Crippen LogP contribution in [0.2, 0.25) is 0 Å². The average molecular weight is 298 g/mol. The number of benzene rings is 1. The number of rotatable bonds is 2. The molecular formula is C13H13F3N4O. The van der Waals surface area contributed by atoms with Crippen molar-refractivity contribution in [3.8, 4) is 0 Å². The highest BCUT2D eigenvalue weighted by Crippen LogP contribution is 2.33. The van der Waals surface area contributed by atoms with Crippen molar-refractivity contribution in [3.63, 3.8) is 0 Å². The number of carbonyl (C=O) groups is 1. The number of carbonyl (C=O) groups excluding carboxylic acids is 1. The van der Waals surface area contributed by atoms with Gasteiger partial charge in [0.05, 0.1) is 17.4 Å². The van der Waals surface area contributed by atoms with Gasteiger partial charge in [-0.3, -0.25) is 9.48 Å². The minimum absolute atomic E-state index is 0.0403. The van der Waals surface area contributed by atoms with Gasteiger partial charge in [0.2, 0.25) is 0 Å². The number of nitrogens with zero attached hydrogens (tertiary/aromatic N) is 2. The number of anilines is 2. The van der Waals surface area contributed by atoms with E-state index in [2.05, 4.69) is 10.4 Å². The Morgan fingerprint density at radius 2 is 2.05 bits per heavy atom. The lowest BCUT2D eigenvalue weighted by Crippen LogP contribution is -2.18. The van der Waals surface area contributed by atoms with Gasteiger partial charge in [-0.2, -0.15) is 18.3 Å². The third kappa shape index (κ3) is 2.99. The van der Waals surface area contributed by atoms with Gasteiger partial charge in [-0.05, 0) is 24.6 Å². The van der Waals surface area contributed by atoms with E-state index in [9.17, 15) is 18.0 Å². The van der Waals surface area contributed by atoms with E-state index in [0.29, 0.717) is 0 Å². The summed E-state index contributed by atoms with van der Waals surface area (Å²) in [4.78, 5) is 12.0. The molecule has 0 saturated heterocycles. The Labute approximate surface area is 118 Å². The molecule has 3 N–H and O–H groups in total. The number of nitrogens with one attached hydrogen (secondary N) is 1. The van der Waals surface area contributed by atoms with Crippen molar-refractivity contribution in [1.82, 2.24) is 9.78 Å². The predicted octanol–water partition coefficient (Wildman–Crippen LogP) is 2.58. The second-order valence-corrected chi connectivity index (χ2v) is 4.55. The highest BCUT2D eigenvalue weighted by Gasteiger charge is 2.32. The Morgan fingerprint density at radius 3 is 2.57 bits per heavy atom. The average Bonchev–Trinajstić information content (AvgIpc) is 2.70. The Kier molecular flexibility index (Phi) is 3.63. The number of aryl methyl sites for hydroxylation is 2. The van der Waals surface area contributed by atoms with Crippen LogP contribution in [0.5, 0.6) is 0 Å². The van der Waals surface area contributed by atoms with Gasteiger partial charge in [-0.25, -0.2) is 0 Å². The Bertz CT molecular complexity index is 672. The first-order valence-corrected chi connectivity index (χ1v) is 5.97. The SMILES string of the molecule is Cc1ccc(NC(=O)c2c(N)cnn2C)cc1C(F)(F)F. The van der Waals surface area contributed by atoms with Crippen molar-refractivity contribution >= 4 is 17.3 Å². The van der Waals surface area contributed by atoms with Gasteiger partial charge in [0.1, 0.15) is 5.69 Å². The fourth-order valence-corrected chi connectivity index (χ4v) is 1.93. The van der Waals surface area contributed by atoms with E-state index in [4.69, 9.17) is 5.73 Å². The first kappa shape index (κ1) is 14.9. The van der Waals surface area contributed by atoms with E-state index < -0.39 is 17.6 Å². The molecule has 0 fully saturated rings. The first-order valence-electron chi connectivity index (χ1n) is 5.97. The van der Waals surface area contributed by atoms with E-state index in [-0.39, 0.29) is 22.6 Å². The number of halogens is 3. The van der Waals surface area contributed by atoms with Crippen molar-refractivity contribution in [2.24, 2.45) is 7.05 Å². The van der Waals surface area contributed by atoms with Crippen LogP contribution in [0.1, 0.15) is 21.6 Å². The molecule has 1 aromatic heterocycles. The maximum Gasteiger partial charge on any atom is 0.416 e. The molecule has 21 heavy (non-hydrogen) atoms. The van der Waals surface area contributed by atoms with E-state index in [1.807, 2.05) is 0 Å². The van der Waals surface area contributed by atoms with E-state index in [1.165, 1.54) is 37.0 Å². The molecule has 0 aliphatic heterocycles. The summed E-state index contributed by atoms with van der Waals surface area (Å²) < 4.78 is 39.7. The monoisotopic (exact) mass is 298 g/mol. The smallest absolute Gasteiger partial charge is 0.396 e. The minimum Gasteiger partial charge on any atom is -0.396 e. The summed E-state index contributed by atoms with van der Waals surface area (Å²) in [6.45, 7) is 1.35. The van der Waals surface area contributed by atoms with Crippen molar-refractivity contribution in [2.75, 3.05) is 11.1 Å². The lowest BCUT2D eigenvalue weighted by atomic mass is 10.1. The molecule has 1 aromatic carbocycles. The maximum absolute atomic E-state index is 12.8. The molecule has 0 atom stereocenters. The number of aromatic nitrogens is 2. The second-order valence-electron chi connectivity index (χ2n) is 4.55. The van der Waals surface area contributed by atoms with Crippen LogP contribution in [0, 0.1) is 6.92 Å². The Morgan fingerprint density at radius 1 is 1.38 bits per heavy atom. The fourth-order valence-electron chi connectivity index (χ4n) is 1.93. The summed E-state index contributed by atoms with van der Waals surface area (Å²) in [5.41, 5.74) is 5.16. The largest absolute Gasteiger partial charge is 0.416 e. The topological polar surface area (TPSA) is 72.9 Å². The molecule has 2 aromatic rings. The van der Waals surface area contributed by atoms with Crippen LogP contribution in [0.3, 0.4) is 0 Å². The summed E-state index contributed by atoms with van der Waals surface area (Å²) in [7, 11) is 1.52. The molecule has 8 heteroatoms. The first-order chi connectivity index (χ1) is 9.70. The van der Waals surface area contributed by atoms with Gasteiger partial charge < -0.3 is 11.1 Å². The quantitative estimate of drug-likeness (QED) is 0.895. The number of hydrogen-bond donors (Lipinski definition) is 2. The van der Waals surface area contributed by atoms with Crippen molar-refractivity contribution < 1.29 is 18.0 Å². The minimum atomic E-state index is -4.48. The van der Waals surface area contributed by atoms with Gasteiger partial charge in [0, 0.05) is 12.7 Å². The molecule has 0 spiro atoms. The van der Waals surface area contributed by atoms with E-state index >= 15 is 0 Å². The van der Waals surface area contributed by atoms with E-state index in [1.54, 1.807) is 0 Å². The molecule has 0 saturated carbocycles. The molecule has 5 nitrogen and oxygen atoms in total. The third-order valence-corrected chi connectivity index (χ3v) is 2.98. The van der Waals surface area contributed by atoms with Crippen LogP contribution in [-0.2, 0) is 13.2 Å². The van der Waals surface area contributed by atoms with Crippen LogP contribution in [0.4, 0.5) is 24.5 Å². The fraction of sp³-hybridized carbons (Fsp3) is 0.231. The van der Waals surface area contributed by atoms with Crippen LogP contribution >= 0.6 is 0 Å². The highest BCUT2D eigenvalue weighted by molar-refractivity contribution is 6.06. The summed E-state index contributed by atoms with van der Waals surface area (Å²) in [5.74, 6) is -0.621. The summed E-state index contributed by atoms with van der Waals surface area (Å²) in [6, 6.07) is 3.58. The molecule has 0 aliphatic carbocycles. The molecule has 2 rings (SSSR count). The van der Waals surface area contributed by atoms with Gasteiger partial charge >= 0.3 is 6.18 Å². The second kappa shape index (κ2) is 5.12. The Hall–Kier alpha value is -2.51. The molecule has 0 radical (unpaired) electrons. The lowest BCUT2D eigenvalue weighted by Gasteiger charge is -2.13. The van der Waals surface area contributed by atoms with Gasteiger partial charge in [-0.15, -0.1) is 0 Å². The molecule has 0 aliphatic rings. The van der Waals surface area contributed by atoms with Gasteiger partial charge in [0.15, 0.2) is 0 Å². The third-order valence-electron chi connectivity index (χ3n) is 2.98. The summed E-state index contributed by atoms with van der Waals surface area (Å²) in [6.07, 6.45) is -3.18. The van der Waals surface area contributed by atoms with Crippen LogP contribution < -0.4 is 11.1 Å². The highest BCUT2D eigenvalue weighted by atomic mass is 19.4. The number of amides is 1. The number of alkyl halides is 3. The van der Waals surface area contributed by atoms with Crippen LogP contribution in [0.25, 0.3) is 0 Å². The molecule has 112 valence electrons. The zero-order valence-corrected chi connectivity index (χ0v) is 11.3. The lowest BCUT2D eigenvalue weighted by molar-refractivity contribution is -0.138. The molecule has 0 bridgehead atoms. The molecule has 0 unspecified atom stereocenters. The number of nitrogens with two attached hydrogens (primary N) is 1. The van der Waals surface area contributed by atoms with Gasteiger partial charge in [0.25, 0.3) is 5.91 Å². The predicted molar refractivity (Wildman–Crippen MR) is 71.8 cm³/mol. The van der Waals surface area contributed by atoms with Crippen LogP contribution in [0.15, 0.2) is 24.4 Å². The number of nitrogen functional groups attached to an aromatic ring is 1. The maximum atomic E-state index is 12.8. The zero-order chi connectivity index (χ0) is 15.8. The summed E-state index contributed by atoms with van der Waals surface area (Å²) in [5, 5.41) is 6.19. The standard InChI is InChI=1S/C13H13F3N4O/c1-7-3-4-8(5-9(7)13(14,15)16)19-12(21)11-10(17)6-18-20(11)2/h3-6H,17H2,1-2H3,(H,19,21). The summed E-state index contributed by atoms with van der Waals surface area (Å²) >= 11 is 0. The van der Waals surface area contributed by atoms with E-state index in [0.717, 1.165) is 6.07 Å². The number of hydrogen-bond acceptors (Lipinski definition) is 3. The Balaban J connectivity index is 2.31. The molecule has 1 heterocycles. The van der Waals surface area contributed by atoms with Crippen LogP contribution in [-0.4, -0.2) is 15.7 Å². The molecule has 1 amide bonds. The van der Waals surface area contributed by atoms with Crippen molar-refractivity contribution in [2.45, 2.75) is 13.1 Å². The normalized spacial score (nSPS) is 11.5. The van der Waals surface area contributed by atoms with Crippen molar-refractivity contribution in [1.29, 1.82) is 0 Å². The van der Waals surface area contributed by atoms with Crippen molar-refractivity contribution in [3.05, 3.63) is 41.2 Å². The molecular weight excluding hydrogens is 285 g/mol. The van der Waals surface area contributed by atoms with Gasteiger partial charge in [-0.1, -0.05) is 6.07 Å².